The largest absolute Gasteiger partial charge is 0.354 e. The number of carbonyl (C=O) groups excluding carboxylic acids is 2. The van der Waals surface area contributed by atoms with Crippen LogP contribution in [-0.2, 0) is 26.2 Å². The van der Waals surface area contributed by atoms with Crippen LogP contribution in [0.15, 0.2) is 71.6 Å². The molecule has 198 valence electrons. The van der Waals surface area contributed by atoms with Crippen LogP contribution >= 0.6 is 0 Å². The first kappa shape index (κ1) is 28.3. The zero-order chi connectivity index (χ0) is 27.2. The van der Waals surface area contributed by atoms with Crippen LogP contribution in [0.5, 0.6) is 0 Å². The second-order valence-electron chi connectivity index (χ2n) is 9.48. The number of rotatable bonds is 11. The molecule has 0 unspecified atom stereocenters. The highest BCUT2D eigenvalue weighted by molar-refractivity contribution is 7.89. The fraction of sp³-hybridized carbons (Fsp3) is 0.357. The van der Waals surface area contributed by atoms with Gasteiger partial charge in [-0.2, -0.15) is 4.31 Å². The Morgan fingerprint density at radius 3 is 2.24 bits per heavy atom. The number of halogens is 1. The molecule has 0 fully saturated rings. The van der Waals surface area contributed by atoms with Gasteiger partial charge in [-0.15, -0.1) is 0 Å². The van der Waals surface area contributed by atoms with E-state index < -0.39 is 34.3 Å². The van der Waals surface area contributed by atoms with E-state index in [1.807, 2.05) is 38.1 Å². The van der Waals surface area contributed by atoms with Gasteiger partial charge in [-0.3, -0.25) is 9.59 Å². The number of nitrogens with one attached hydrogen (secondary N) is 1. The highest BCUT2D eigenvalue weighted by Crippen LogP contribution is 2.22. The quantitative estimate of drug-likeness (QED) is 0.405. The average molecular weight is 528 g/mol. The molecule has 0 spiro atoms. The normalized spacial score (nSPS) is 12.6. The Hall–Kier alpha value is -3.30. The van der Waals surface area contributed by atoms with Gasteiger partial charge < -0.3 is 10.2 Å². The Balaban J connectivity index is 1.86. The van der Waals surface area contributed by atoms with Crippen molar-refractivity contribution in [3.05, 3.63) is 78.1 Å². The number of hydrogen-bond donors (Lipinski definition) is 1. The summed E-state index contributed by atoms with van der Waals surface area (Å²) in [4.78, 5) is 28.0. The van der Waals surface area contributed by atoms with E-state index in [1.54, 1.807) is 31.2 Å². The van der Waals surface area contributed by atoms with Gasteiger partial charge in [0.2, 0.25) is 21.8 Å². The lowest BCUT2D eigenvalue weighted by molar-refractivity contribution is -0.141. The molecule has 3 aromatic carbocycles. The number of sulfonamides is 1. The number of carbonyl (C=O) groups is 2. The number of fused-ring (bicyclic) bond motifs is 1. The van der Waals surface area contributed by atoms with E-state index in [2.05, 4.69) is 5.32 Å². The van der Waals surface area contributed by atoms with E-state index >= 15 is 0 Å². The van der Waals surface area contributed by atoms with Crippen molar-refractivity contribution in [3.8, 4) is 0 Å². The van der Waals surface area contributed by atoms with Crippen molar-refractivity contribution in [2.75, 3.05) is 20.1 Å². The molecule has 0 radical (unpaired) electrons. The highest BCUT2D eigenvalue weighted by Gasteiger charge is 2.32. The second kappa shape index (κ2) is 12.3. The van der Waals surface area contributed by atoms with Crippen LogP contribution in [-0.4, -0.2) is 55.6 Å². The van der Waals surface area contributed by atoms with Crippen LogP contribution in [0.3, 0.4) is 0 Å². The van der Waals surface area contributed by atoms with Gasteiger partial charge in [0.1, 0.15) is 11.9 Å². The first-order chi connectivity index (χ1) is 17.5. The van der Waals surface area contributed by atoms with Crippen LogP contribution < -0.4 is 5.32 Å². The summed E-state index contributed by atoms with van der Waals surface area (Å²) in [6.45, 7) is 5.76. The minimum atomic E-state index is -3.98. The van der Waals surface area contributed by atoms with Gasteiger partial charge in [0.15, 0.2) is 0 Å². The molecule has 3 aromatic rings. The number of nitrogens with zero attached hydrogens (tertiary/aromatic N) is 2. The molecule has 1 atom stereocenters. The summed E-state index contributed by atoms with van der Waals surface area (Å²) in [5.41, 5.74) is 0.630. The van der Waals surface area contributed by atoms with E-state index in [-0.39, 0.29) is 23.3 Å². The van der Waals surface area contributed by atoms with Crippen LogP contribution in [0.2, 0.25) is 0 Å². The van der Waals surface area contributed by atoms with Crippen molar-refractivity contribution in [1.29, 1.82) is 0 Å². The van der Waals surface area contributed by atoms with Crippen molar-refractivity contribution in [3.63, 3.8) is 0 Å². The number of amides is 2. The molecular formula is C28H34FN3O4S. The Kier molecular flexibility index (Phi) is 9.39. The molecule has 37 heavy (non-hydrogen) atoms. The summed E-state index contributed by atoms with van der Waals surface area (Å²) in [5.74, 6) is -1.03. The molecule has 7 nitrogen and oxygen atoms in total. The summed E-state index contributed by atoms with van der Waals surface area (Å²) in [6.07, 6.45) is 0.331. The highest BCUT2D eigenvalue weighted by atomic mass is 32.2. The van der Waals surface area contributed by atoms with Crippen molar-refractivity contribution >= 4 is 32.6 Å². The summed E-state index contributed by atoms with van der Waals surface area (Å²) in [7, 11) is -2.63. The maximum Gasteiger partial charge on any atom is 0.243 e. The first-order valence-corrected chi connectivity index (χ1v) is 13.7. The SMILES string of the molecule is CC[C@H](C(=O)NCC(C)C)N(Cc1ccc(F)cc1)C(=O)CN(C)S(=O)(=O)c1ccc2ccccc2c1. The van der Waals surface area contributed by atoms with Gasteiger partial charge in [-0.05, 0) is 52.9 Å². The maximum absolute atomic E-state index is 13.5. The third-order valence-electron chi connectivity index (χ3n) is 6.12. The average Bonchev–Trinajstić information content (AvgIpc) is 2.87. The third-order valence-corrected chi connectivity index (χ3v) is 7.92. The van der Waals surface area contributed by atoms with Gasteiger partial charge in [-0.25, -0.2) is 12.8 Å². The van der Waals surface area contributed by atoms with Crippen LogP contribution in [0.4, 0.5) is 4.39 Å². The minimum Gasteiger partial charge on any atom is -0.354 e. The van der Waals surface area contributed by atoms with E-state index in [9.17, 15) is 22.4 Å². The van der Waals surface area contributed by atoms with Crippen LogP contribution in [0.25, 0.3) is 10.8 Å². The van der Waals surface area contributed by atoms with Crippen molar-refractivity contribution in [2.45, 2.75) is 44.7 Å². The zero-order valence-electron chi connectivity index (χ0n) is 21.6. The Morgan fingerprint density at radius 2 is 1.62 bits per heavy atom. The summed E-state index contributed by atoms with van der Waals surface area (Å²) in [5, 5.41) is 4.54. The molecule has 2 amide bonds. The molecule has 3 rings (SSSR count). The van der Waals surface area contributed by atoms with Crippen LogP contribution in [0, 0.1) is 11.7 Å². The number of likely N-dealkylation sites (N-methyl/N-ethyl adjacent to an activating group) is 1. The Bertz CT molecular complexity index is 1340. The fourth-order valence-electron chi connectivity index (χ4n) is 4.00. The Morgan fingerprint density at radius 1 is 0.973 bits per heavy atom. The number of benzene rings is 3. The lowest BCUT2D eigenvalue weighted by Gasteiger charge is -2.32. The standard InChI is InChI=1S/C28H34FN3O4S/c1-5-26(28(34)30-17-20(2)3)32(18-21-10-13-24(29)14-11-21)27(33)19-31(4)37(35,36)25-15-12-22-8-6-7-9-23(22)16-25/h6-16,20,26H,5,17-19H2,1-4H3,(H,30,34)/t26-/m1/s1. The van der Waals surface area contributed by atoms with Gasteiger partial charge in [-0.1, -0.05) is 63.2 Å². The van der Waals surface area contributed by atoms with E-state index in [0.717, 1.165) is 15.1 Å². The monoisotopic (exact) mass is 527 g/mol. The van der Waals surface area contributed by atoms with Gasteiger partial charge >= 0.3 is 0 Å². The predicted octanol–water partition coefficient (Wildman–Crippen LogP) is 4.18. The molecule has 1 N–H and O–H groups in total. The third kappa shape index (κ3) is 7.14. The molecular weight excluding hydrogens is 493 g/mol. The van der Waals surface area contributed by atoms with E-state index in [4.69, 9.17) is 0 Å². The van der Waals surface area contributed by atoms with Crippen LogP contribution in [0.1, 0.15) is 32.8 Å². The topological polar surface area (TPSA) is 86.8 Å². The predicted molar refractivity (Wildman–Crippen MR) is 143 cm³/mol. The summed E-state index contributed by atoms with van der Waals surface area (Å²) >= 11 is 0. The molecule has 0 heterocycles. The fourth-order valence-corrected chi connectivity index (χ4v) is 5.16. The zero-order valence-corrected chi connectivity index (χ0v) is 22.5. The molecule has 0 saturated carbocycles. The van der Waals surface area contributed by atoms with Gasteiger partial charge in [0.05, 0.1) is 11.4 Å². The van der Waals surface area contributed by atoms with Gasteiger partial charge in [0.25, 0.3) is 0 Å². The molecule has 0 bridgehead atoms. The van der Waals surface area contributed by atoms with Crippen molar-refractivity contribution in [1.82, 2.24) is 14.5 Å². The summed E-state index contributed by atoms with van der Waals surface area (Å²) in [6, 6.07) is 17.1. The molecule has 9 heteroatoms. The second-order valence-corrected chi connectivity index (χ2v) is 11.5. The smallest absolute Gasteiger partial charge is 0.243 e. The molecule has 0 aliphatic rings. The first-order valence-electron chi connectivity index (χ1n) is 12.3. The van der Waals surface area contributed by atoms with Gasteiger partial charge in [0, 0.05) is 20.1 Å². The molecule has 0 aliphatic carbocycles. The molecule has 0 saturated heterocycles. The molecule has 0 aromatic heterocycles. The summed E-state index contributed by atoms with van der Waals surface area (Å²) < 4.78 is 41.1. The van der Waals surface area contributed by atoms with E-state index in [1.165, 1.54) is 30.1 Å². The van der Waals surface area contributed by atoms with Crippen molar-refractivity contribution in [2.24, 2.45) is 5.92 Å². The lowest BCUT2D eigenvalue weighted by atomic mass is 10.1. The van der Waals surface area contributed by atoms with E-state index in [0.29, 0.717) is 18.5 Å². The van der Waals surface area contributed by atoms with Crippen molar-refractivity contribution < 1.29 is 22.4 Å². The number of hydrogen-bond acceptors (Lipinski definition) is 4. The molecule has 0 aliphatic heterocycles. The maximum atomic E-state index is 13.5. The minimum absolute atomic E-state index is 0.0383. The lowest BCUT2D eigenvalue weighted by Crippen LogP contribution is -2.52. The Labute approximate surface area is 218 Å².